The zero-order valence-corrected chi connectivity index (χ0v) is 17.3. The van der Waals surface area contributed by atoms with Gasteiger partial charge in [-0.2, -0.15) is 0 Å². The maximum Gasteiger partial charge on any atom is 0.265 e. The van der Waals surface area contributed by atoms with Crippen molar-refractivity contribution in [1.82, 2.24) is 0 Å². The normalized spacial score (nSPS) is 21.8. The maximum atomic E-state index is 12.8. The Hall–Kier alpha value is -2.04. The van der Waals surface area contributed by atoms with Gasteiger partial charge in [0.15, 0.2) is 6.61 Å². The van der Waals surface area contributed by atoms with Gasteiger partial charge in [0.05, 0.1) is 5.69 Å². The van der Waals surface area contributed by atoms with Crippen LogP contribution in [0.5, 0.6) is 5.75 Å². The third-order valence-corrected chi connectivity index (χ3v) is 6.09. The minimum Gasteiger partial charge on any atom is -0.482 e. The monoisotopic (exact) mass is 386 g/mol. The number of carbonyl (C=O) groups is 2. The molecule has 1 heterocycles. The average molecular weight is 387 g/mol. The quantitative estimate of drug-likeness (QED) is 0.672. The van der Waals surface area contributed by atoms with Crippen molar-refractivity contribution in [3.05, 3.63) is 18.2 Å². The van der Waals surface area contributed by atoms with Crippen molar-refractivity contribution in [2.45, 2.75) is 71.6 Å². The van der Waals surface area contributed by atoms with E-state index in [1.54, 1.807) is 4.90 Å². The van der Waals surface area contributed by atoms with E-state index in [2.05, 4.69) is 19.2 Å². The Morgan fingerprint density at radius 1 is 1.14 bits per heavy atom. The molecule has 5 nitrogen and oxygen atoms in total. The zero-order valence-electron chi connectivity index (χ0n) is 17.3. The van der Waals surface area contributed by atoms with Gasteiger partial charge in [0, 0.05) is 18.2 Å². The van der Waals surface area contributed by atoms with Crippen LogP contribution in [-0.2, 0) is 9.59 Å². The molecule has 0 spiro atoms. The van der Waals surface area contributed by atoms with Gasteiger partial charge in [0.25, 0.3) is 5.91 Å². The van der Waals surface area contributed by atoms with Crippen molar-refractivity contribution in [3.8, 4) is 5.75 Å². The molecule has 5 heteroatoms. The van der Waals surface area contributed by atoms with Crippen molar-refractivity contribution in [1.29, 1.82) is 0 Å². The van der Waals surface area contributed by atoms with Crippen LogP contribution in [0.2, 0.25) is 0 Å². The van der Waals surface area contributed by atoms with Gasteiger partial charge in [-0.25, -0.2) is 0 Å². The summed E-state index contributed by atoms with van der Waals surface area (Å²) < 4.78 is 5.56. The number of ether oxygens (including phenoxy) is 1. The van der Waals surface area contributed by atoms with Crippen LogP contribution in [0.3, 0.4) is 0 Å². The van der Waals surface area contributed by atoms with E-state index in [9.17, 15) is 9.59 Å². The lowest BCUT2D eigenvalue weighted by Crippen LogP contribution is -2.39. The SMILES string of the molecule is CCCCC1CCC(C(=O)Nc2ccc3c(c2)N(CCCC)C(=O)CO3)CC1. The van der Waals surface area contributed by atoms with Crippen LogP contribution in [-0.4, -0.2) is 25.0 Å². The highest BCUT2D eigenvalue weighted by Crippen LogP contribution is 2.36. The molecule has 1 aromatic carbocycles. The molecule has 0 bridgehead atoms. The molecular formula is C23H34N2O3. The Labute approximate surface area is 168 Å². The summed E-state index contributed by atoms with van der Waals surface area (Å²) in [6.07, 6.45) is 10.1. The Morgan fingerprint density at radius 3 is 2.61 bits per heavy atom. The number of nitrogens with one attached hydrogen (secondary N) is 1. The summed E-state index contributed by atoms with van der Waals surface area (Å²) in [5, 5.41) is 3.08. The van der Waals surface area contributed by atoms with Crippen LogP contribution in [0.1, 0.15) is 71.6 Å². The van der Waals surface area contributed by atoms with Gasteiger partial charge in [-0.1, -0.05) is 39.5 Å². The number of carbonyl (C=O) groups excluding carboxylic acids is 2. The molecule has 0 radical (unpaired) electrons. The van der Waals surface area contributed by atoms with E-state index in [-0.39, 0.29) is 24.3 Å². The van der Waals surface area contributed by atoms with Crippen molar-refractivity contribution in [2.24, 2.45) is 11.8 Å². The number of fused-ring (bicyclic) bond motifs is 1. The first kappa shape index (κ1) is 20.7. The van der Waals surface area contributed by atoms with E-state index >= 15 is 0 Å². The van der Waals surface area contributed by atoms with E-state index in [1.165, 1.54) is 19.3 Å². The van der Waals surface area contributed by atoms with E-state index in [0.29, 0.717) is 12.3 Å². The van der Waals surface area contributed by atoms with Crippen LogP contribution < -0.4 is 15.0 Å². The Bertz CT molecular complexity index is 680. The van der Waals surface area contributed by atoms with Gasteiger partial charge in [0.1, 0.15) is 5.75 Å². The molecule has 0 unspecified atom stereocenters. The fourth-order valence-corrected chi connectivity index (χ4v) is 4.29. The smallest absolute Gasteiger partial charge is 0.265 e. The molecule has 1 aromatic rings. The van der Waals surface area contributed by atoms with Crippen LogP contribution >= 0.6 is 0 Å². The van der Waals surface area contributed by atoms with Gasteiger partial charge in [-0.3, -0.25) is 9.59 Å². The Balaban J connectivity index is 1.61. The lowest BCUT2D eigenvalue weighted by atomic mass is 9.79. The van der Waals surface area contributed by atoms with E-state index in [4.69, 9.17) is 4.74 Å². The molecule has 1 aliphatic carbocycles. The number of hydrogen-bond acceptors (Lipinski definition) is 3. The molecule has 1 fully saturated rings. The topological polar surface area (TPSA) is 58.6 Å². The van der Waals surface area contributed by atoms with Crippen LogP contribution in [0.25, 0.3) is 0 Å². The van der Waals surface area contributed by atoms with Crippen molar-refractivity contribution < 1.29 is 14.3 Å². The van der Waals surface area contributed by atoms with Crippen molar-refractivity contribution in [3.63, 3.8) is 0 Å². The predicted octanol–water partition coefficient (Wildman–Crippen LogP) is 5.15. The molecule has 3 rings (SSSR count). The summed E-state index contributed by atoms with van der Waals surface area (Å²) >= 11 is 0. The minimum absolute atomic E-state index is 0.0187. The van der Waals surface area contributed by atoms with E-state index < -0.39 is 0 Å². The summed E-state index contributed by atoms with van der Waals surface area (Å²) in [7, 11) is 0. The lowest BCUT2D eigenvalue weighted by molar-refractivity contribution is -0.121. The second kappa shape index (κ2) is 9.94. The molecule has 1 saturated carbocycles. The van der Waals surface area contributed by atoms with Crippen molar-refractivity contribution >= 4 is 23.2 Å². The molecule has 2 aliphatic rings. The second-order valence-electron chi connectivity index (χ2n) is 8.22. The third-order valence-electron chi connectivity index (χ3n) is 6.09. The average Bonchev–Trinajstić information content (AvgIpc) is 2.72. The largest absolute Gasteiger partial charge is 0.482 e. The summed E-state index contributed by atoms with van der Waals surface area (Å²) in [6, 6.07) is 5.61. The summed E-state index contributed by atoms with van der Waals surface area (Å²) in [4.78, 5) is 26.8. The molecule has 0 saturated heterocycles. The van der Waals surface area contributed by atoms with Gasteiger partial charge in [-0.05, 0) is 56.2 Å². The number of benzene rings is 1. The number of anilines is 2. The van der Waals surface area contributed by atoms with Gasteiger partial charge < -0.3 is 15.0 Å². The summed E-state index contributed by atoms with van der Waals surface area (Å²) in [5.41, 5.74) is 1.52. The molecule has 0 aromatic heterocycles. The minimum atomic E-state index is -0.0187. The number of nitrogens with zero attached hydrogens (tertiary/aromatic N) is 1. The number of unbranched alkanes of at least 4 members (excludes halogenated alkanes) is 2. The Morgan fingerprint density at radius 2 is 1.89 bits per heavy atom. The van der Waals surface area contributed by atoms with Gasteiger partial charge in [-0.15, -0.1) is 0 Å². The van der Waals surface area contributed by atoms with Crippen LogP contribution in [0, 0.1) is 11.8 Å². The first-order valence-electron chi connectivity index (χ1n) is 11.0. The highest BCUT2D eigenvalue weighted by atomic mass is 16.5. The van der Waals surface area contributed by atoms with Crippen molar-refractivity contribution in [2.75, 3.05) is 23.4 Å². The standard InChI is InChI=1S/C23H34N2O3/c1-3-5-7-17-8-10-18(11-9-17)23(27)24-19-12-13-21-20(15-19)25(14-6-4-2)22(26)16-28-21/h12-13,15,17-18H,3-11,14,16H2,1-2H3,(H,24,27). The third kappa shape index (κ3) is 5.06. The van der Waals surface area contributed by atoms with Gasteiger partial charge >= 0.3 is 0 Å². The number of amides is 2. The highest BCUT2D eigenvalue weighted by molar-refractivity contribution is 5.99. The van der Waals surface area contributed by atoms with Crippen LogP contribution in [0.15, 0.2) is 18.2 Å². The van der Waals surface area contributed by atoms with Crippen LogP contribution in [0.4, 0.5) is 11.4 Å². The number of rotatable bonds is 8. The molecular weight excluding hydrogens is 352 g/mol. The molecule has 0 atom stereocenters. The lowest BCUT2D eigenvalue weighted by Gasteiger charge is -2.30. The highest BCUT2D eigenvalue weighted by Gasteiger charge is 2.28. The summed E-state index contributed by atoms with van der Waals surface area (Å²) in [5.74, 6) is 1.70. The molecule has 28 heavy (non-hydrogen) atoms. The van der Waals surface area contributed by atoms with Gasteiger partial charge in [0.2, 0.25) is 5.91 Å². The number of hydrogen-bond donors (Lipinski definition) is 1. The Kier molecular flexibility index (Phi) is 7.35. The summed E-state index contributed by atoms with van der Waals surface area (Å²) in [6.45, 7) is 5.12. The fourth-order valence-electron chi connectivity index (χ4n) is 4.29. The van der Waals surface area contributed by atoms with E-state index in [0.717, 1.165) is 55.8 Å². The van der Waals surface area contributed by atoms with E-state index in [1.807, 2.05) is 18.2 Å². The first-order valence-corrected chi connectivity index (χ1v) is 11.0. The predicted molar refractivity (Wildman–Crippen MR) is 113 cm³/mol. The second-order valence-corrected chi connectivity index (χ2v) is 8.22. The zero-order chi connectivity index (χ0) is 19.9. The molecule has 154 valence electrons. The first-order chi connectivity index (χ1) is 13.6. The maximum absolute atomic E-state index is 12.8. The molecule has 1 N–H and O–H groups in total. The molecule has 2 amide bonds. The molecule has 1 aliphatic heterocycles. The fraction of sp³-hybridized carbons (Fsp3) is 0.652.